The number of benzene rings is 1. The van der Waals surface area contributed by atoms with Gasteiger partial charge in [0.1, 0.15) is 5.82 Å². The van der Waals surface area contributed by atoms with Gasteiger partial charge in [0.2, 0.25) is 0 Å². The Hall–Kier alpha value is -1.19. The summed E-state index contributed by atoms with van der Waals surface area (Å²) in [5, 5.41) is 3.54. The van der Waals surface area contributed by atoms with E-state index in [0.29, 0.717) is 6.04 Å². The van der Waals surface area contributed by atoms with Gasteiger partial charge in [-0.05, 0) is 61.7 Å². The van der Waals surface area contributed by atoms with Gasteiger partial charge in [0.25, 0.3) is 0 Å². The zero-order chi connectivity index (χ0) is 14.5. The minimum absolute atomic E-state index is 0.157. The summed E-state index contributed by atoms with van der Waals surface area (Å²) in [6, 6.07) is 9.82. The molecule has 108 valence electrons. The highest BCUT2D eigenvalue weighted by atomic mass is 32.1. The van der Waals surface area contributed by atoms with Crippen LogP contribution < -0.4 is 5.32 Å². The maximum absolute atomic E-state index is 13.2. The highest BCUT2D eigenvalue weighted by Crippen LogP contribution is 2.27. The van der Waals surface area contributed by atoms with Crippen molar-refractivity contribution in [3.8, 4) is 0 Å². The monoisotopic (exact) mass is 291 g/mol. The lowest BCUT2D eigenvalue weighted by atomic mass is 10.00. The number of hydrogen-bond donors (Lipinski definition) is 1. The SMILES string of the molecule is CCNC(Cc1ccc(F)cc1C)c1ccc(CC)s1. The standard InChI is InChI=1S/C17H22FNS/c1-4-15-8-9-17(20-15)16(19-5-2)11-13-6-7-14(18)10-12(13)3/h6-10,16,19H,4-5,11H2,1-3H3. The van der Waals surface area contributed by atoms with Crippen LogP contribution in [0.2, 0.25) is 0 Å². The van der Waals surface area contributed by atoms with Crippen molar-refractivity contribution in [1.82, 2.24) is 5.32 Å². The molecule has 0 bridgehead atoms. The number of aryl methyl sites for hydroxylation is 2. The predicted octanol–water partition coefficient (Wildman–Crippen LogP) is 4.65. The van der Waals surface area contributed by atoms with Gasteiger partial charge < -0.3 is 5.32 Å². The molecule has 1 atom stereocenters. The Balaban J connectivity index is 2.20. The molecule has 1 aromatic heterocycles. The zero-order valence-corrected chi connectivity index (χ0v) is 13.2. The van der Waals surface area contributed by atoms with Crippen LogP contribution in [-0.2, 0) is 12.8 Å². The third kappa shape index (κ3) is 3.68. The van der Waals surface area contributed by atoms with Gasteiger partial charge in [-0.2, -0.15) is 0 Å². The zero-order valence-electron chi connectivity index (χ0n) is 12.4. The molecule has 1 nitrogen and oxygen atoms in total. The molecule has 2 aromatic rings. The molecule has 2 rings (SSSR count). The predicted molar refractivity (Wildman–Crippen MR) is 85.0 cm³/mol. The number of thiophene rings is 1. The van der Waals surface area contributed by atoms with Crippen molar-refractivity contribution >= 4 is 11.3 Å². The summed E-state index contributed by atoms with van der Waals surface area (Å²) >= 11 is 1.87. The van der Waals surface area contributed by atoms with Crippen molar-refractivity contribution in [1.29, 1.82) is 0 Å². The minimum Gasteiger partial charge on any atom is -0.309 e. The lowest BCUT2D eigenvalue weighted by Crippen LogP contribution is -2.22. The van der Waals surface area contributed by atoms with Gasteiger partial charge in [0, 0.05) is 15.8 Å². The first-order valence-corrected chi connectivity index (χ1v) is 8.02. The molecule has 0 amide bonds. The third-order valence-corrected chi connectivity index (χ3v) is 4.90. The molecule has 1 heterocycles. The fraction of sp³-hybridized carbons (Fsp3) is 0.412. The summed E-state index contributed by atoms with van der Waals surface area (Å²) < 4.78 is 13.2. The highest BCUT2D eigenvalue weighted by Gasteiger charge is 2.14. The molecule has 0 radical (unpaired) electrons. The molecule has 20 heavy (non-hydrogen) atoms. The first-order valence-electron chi connectivity index (χ1n) is 7.21. The topological polar surface area (TPSA) is 12.0 Å². The van der Waals surface area contributed by atoms with Crippen molar-refractivity contribution in [2.24, 2.45) is 0 Å². The summed E-state index contributed by atoms with van der Waals surface area (Å²) in [7, 11) is 0. The first-order chi connectivity index (χ1) is 9.63. The van der Waals surface area contributed by atoms with Crippen LogP contribution >= 0.6 is 11.3 Å². The number of hydrogen-bond acceptors (Lipinski definition) is 2. The van der Waals surface area contributed by atoms with Crippen LogP contribution in [0.25, 0.3) is 0 Å². The smallest absolute Gasteiger partial charge is 0.123 e. The molecule has 0 saturated heterocycles. The summed E-state index contributed by atoms with van der Waals surface area (Å²) in [6.07, 6.45) is 1.99. The second-order valence-electron chi connectivity index (χ2n) is 5.04. The quantitative estimate of drug-likeness (QED) is 0.817. The lowest BCUT2D eigenvalue weighted by Gasteiger charge is -2.18. The van der Waals surface area contributed by atoms with Gasteiger partial charge in [-0.1, -0.05) is 19.9 Å². The highest BCUT2D eigenvalue weighted by molar-refractivity contribution is 7.12. The van der Waals surface area contributed by atoms with E-state index in [1.807, 2.05) is 24.3 Å². The van der Waals surface area contributed by atoms with Gasteiger partial charge in [0.15, 0.2) is 0 Å². The lowest BCUT2D eigenvalue weighted by molar-refractivity contribution is 0.555. The molecule has 0 spiro atoms. The van der Waals surface area contributed by atoms with Crippen molar-refractivity contribution in [3.63, 3.8) is 0 Å². The van der Waals surface area contributed by atoms with E-state index in [9.17, 15) is 4.39 Å². The van der Waals surface area contributed by atoms with Crippen LogP contribution in [0.4, 0.5) is 4.39 Å². The fourth-order valence-electron chi connectivity index (χ4n) is 2.40. The van der Waals surface area contributed by atoms with E-state index in [1.54, 1.807) is 12.1 Å². The van der Waals surface area contributed by atoms with Crippen molar-refractivity contribution < 1.29 is 4.39 Å². The largest absolute Gasteiger partial charge is 0.309 e. The van der Waals surface area contributed by atoms with E-state index in [-0.39, 0.29) is 5.82 Å². The number of rotatable bonds is 6. The van der Waals surface area contributed by atoms with E-state index in [4.69, 9.17) is 0 Å². The Kier molecular flexibility index (Phi) is 5.32. The van der Waals surface area contributed by atoms with E-state index in [1.165, 1.54) is 15.3 Å². The molecule has 0 aliphatic carbocycles. The Morgan fingerprint density at radius 1 is 1.20 bits per heavy atom. The molecule has 1 unspecified atom stereocenters. The van der Waals surface area contributed by atoms with Gasteiger partial charge in [-0.3, -0.25) is 0 Å². The van der Waals surface area contributed by atoms with Gasteiger partial charge in [-0.25, -0.2) is 4.39 Å². The maximum atomic E-state index is 13.2. The van der Waals surface area contributed by atoms with Gasteiger partial charge >= 0.3 is 0 Å². The molecular weight excluding hydrogens is 269 g/mol. The summed E-state index contributed by atoms with van der Waals surface area (Å²) in [6.45, 7) is 7.22. The molecule has 0 saturated carbocycles. The van der Waals surface area contributed by atoms with E-state index in [0.717, 1.165) is 24.9 Å². The number of halogens is 1. The van der Waals surface area contributed by atoms with Crippen LogP contribution in [-0.4, -0.2) is 6.54 Å². The summed E-state index contributed by atoms with van der Waals surface area (Å²) in [4.78, 5) is 2.78. The van der Waals surface area contributed by atoms with Crippen LogP contribution in [0.3, 0.4) is 0 Å². The second-order valence-corrected chi connectivity index (χ2v) is 6.24. The first kappa shape index (κ1) is 15.2. The third-order valence-electron chi connectivity index (χ3n) is 3.55. The molecule has 0 aliphatic rings. The molecular formula is C17H22FNS. The minimum atomic E-state index is -0.157. The summed E-state index contributed by atoms with van der Waals surface area (Å²) in [5.74, 6) is -0.157. The van der Waals surface area contributed by atoms with Crippen molar-refractivity contribution in [3.05, 3.63) is 57.0 Å². The number of nitrogens with one attached hydrogen (secondary N) is 1. The van der Waals surface area contributed by atoms with E-state index < -0.39 is 0 Å². The Morgan fingerprint density at radius 3 is 2.60 bits per heavy atom. The second kappa shape index (κ2) is 7.00. The molecule has 0 aliphatic heterocycles. The van der Waals surface area contributed by atoms with Crippen LogP contribution in [0.15, 0.2) is 30.3 Å². The van der Waals surface area contributed by atoms with E-state index in [2.05, 4.69) is 31.3 Å². The van der Waals surface area contributed by atoms with Crippen molar-refractivity contribution in [2.45, 2.75) is 39.7 Å². The van der Waals surface area contributed by atoms with Crippen molar-refractivity contribution in [2.75, 3.05) is 6.54 Å². The van der Waals surface area contributed by atoms with Crippen LogP contribution in [0.5, 0.6) is 0 Å². The molecule has 1 aromatic carbocycles. The normalized spacial score (nSPS) is 12.6. The van der Waals surface area contributed by atoms with Crippen LogP contribution in [0.1, 0.15) is 40.8 Å². The van der Waals surface area contributed by atoms with E-state index >= 15 is 0 Å². The maximum Gasteiger partial charge on any atom is 0.123 e. The van der Waals surface area contributed by atoms with Crippen LogP contribution in [0, 0.1) is 12.7 Å². The van der Waals surface area contributed by atoms with Gasteiger partial charge in [0.05, 0.1) is 0 Å². The Labute approximate surface area is 124 Å². The Morgan fingerprint density at radius 2 is 2.00 bits per heavy atom. The molecule has 3 heteroatoms. The average Bonchev–Trinajstić information content (AvgIpc) is 2.90. The molecule has 0 fully saturated rings. The van der Waals surface area contributed by atoms with Gasteiger partial charge in [-0.15, -0.1) is 11.3 Å². The molecule has 1 N–H and O–H groups in total. The average molecular weight is 291 g/mol. The fourth-order valence-corrected chi connectivity index (χ4v) is 3.43. The Bertz CT molecular complexity index is 562. The number of likely N-dealkylation sites (N-methyl/N-ethyl adjacent to an activating group) is 1. The summed E-state index contributed by atoms with van der Waals surface area (Å²) in [5.41, 5.74) is 2.24.